The first-order chi connectivity index (χ1) is 9.06. The minimum atomic E-state index is 0.696. The van der Waals surface area contributed by atoms with Crippen LogP contribution in [-0.4, -0.2) is 37.6 Å². The largest absolute Gasteiger partial charge is 0.312 e. The maximum Gasteiger partial charge on any atom is 0.0217 e. The van der Waals surface area contributed by atoms with E-state index in [0.29, 0.717) is 6.04 Å². The van der Waals surface area contributed by atoms with Gasteiger partial charge in [0.2, 0.25) is 0 Å². The molecule has 19 heavy (non-hydrogen) atoms. The van der Waals surface area contributed by atoms with Crippen LogP contribution >= 0.6 is 0 Å². The van der Waals surface area contributed by atoms with Gasteiger partial charge in [0.15, 0.2) is 0 Å². The molecule has 0 aromatic heterocycles. The van der Waals surface area contributed by atoms with Gasteiger partial charge in [0.05, 0.1) is 0 Å². The van der Waals surface area contributed by atoms with E-state index >= 15 is 0 Å². The van der Waals surface area contributed by atoms with Crippen LogP contribution in [0.3, 0.4) is 0 Å². The molecule has 0 aromatic carbocycles. The summed E-state index contributed by atoms with van der Waals surface area (Å²) in [4.78, 5) is 2.40. The van der Waals surface area contributed by atoms with Gasteiger partial charge in [-0.2, -0.15) is 0 Å². The van der Waals surface area contributed by atoms with Gasteiger partial charge in [-0.1, -0.05) is 26.7 Å². The van der Waals surface area contributed by atoms with Gasteiger partial charge in [0, 0.05) is 18.6 Å². The van der Waals surface area contributed by atoms with Crippen molar-refractivity contribution in [3.63, 3.8) is 0 Å². The number of likely N-dealkylation sites (N-methyl/N-ethyl adjacent to an activating group) is 1. The molecule has 3 atom stereocenters. The molecule has 0 spiro atoms. The predicted molar refractivity (Wildman–Crippen MR) is 83.4 cm³/mol. The van der Waals surface area contributed by atoms with Crippen molar-refractivity contribution in [1.82, 2.24) is 10.2 Å². The van der Waals surface area contributed by atoms with Crippen molar-refractivity contribution in [3.05, 3.63) is 0 Å². The van der Waals surface area contributed by atoms with Gasteiger partial charge in [-0.3, -0.25) is 0 Å². The molecule has 1 N–H and O–H groups in total. The molecular weight excluding hydrogens is 232 g/mol. The molecule has 112 valence electrons. The number of hydrogen-bond acceptors (Lipinski definition) is 2. The minimum absolute atomic E-state index is 0.696. The van der Waals surface area contributed by atoms with Crippen molar-refractivity contribution in [2.75, 3.05) is 20.6 Å². The second-order valence-corrected chi connectivity index (χ2v) is 7.62. The van der Waals surface area contributed by atoms with Gasteiger partial charge in [0.25, 0.3) is 0 Å². The first kappa shape index (κ1) is 15.3. The molecule has 2 heteroatoms. The zero-order valence-electron chi connectivity index (χ0n) is 13.5. The minimum Gasteiger partial charge on any atom is -0.312 e. The lowest BCUT2D eigenvalue weighted by Crippen LogP contribution is -2.44. The van der Waals surface area contributed by atoms with E-state index in [0.717, 1.165) is 23.8 Å². The van der Waals surface area contributed by atoms with Crippen molar-refractivity contribution < 1.29 is 0 Å². The Labute approximate surface area is 120 Å². The van der Waals surface area contributed by atoms with E-state index < -0.39 is 0 Å². The molecule has 0 radical (unpaired) electrons. The van der Waals surface area contributed by atoms with Crippen molar-refractivity contribution in [2.24, 2.45) is 17.8 Å². The van der Waals surface area contributed by atoms with E-state index in [4.69, 9.17) is 0 Å². The lowest BCUT2D eigenvalue weighted by Gasteiger charge is -2.33. The Morgan fingerprint density at radius 1 is 1.05 bits per heavy atom. The van der Waals surface area contributed by atoms with E-state index in [1.165, 1.54) is 51.5 Å². The lowest BCUT2D eigenvalue weighted by atomic mass is 9.82. The molecule has 2 rings (SSSR count). The summed E-state index contributed by atoms with van der Waals surface area (Å²) in [6, 6.07) is 1.50. The quantitative estimate of drug-likeness (QED) is 0.758. The van der Waals surface area contributed by atoms with Crippen LogP contribution in [0.15, 0.2) is 0 Å². The summed E-state index contributed by atoms with van der Waals surface area (Å²) < 4.78 is 0. The van der Waals surface area contributed by atoms with Crippen molar-refractivity contribution in [2.45, 2.75) is 70.9 Å². The first-order valence-corrected chi connectivity index (χ1v) is 8.46. The van der Waals surface area contributed by atoms with Crippen LogP contribution in [0.25, 0.3) is 0 Å². The molecule has 0 heterocycles. The maximum atomic E-state index is 3.88. The Hall–Kier alpha value is -0.0800. The zero-order chi connectivity index (χ0) is 13.8. The molecule has 2 aliphatic rings. The summed E-state index contributed by atoms with van der Waals surface area (Å²) in [5.74, 6) is 2.94. The summed E-state index contributed by atoms with van der Waals surface area (Å²) in [5.41, 5.74) is 0. The average Bonchev–Trinajstić information content (AvgIpc) is 3.18. The van der Waals surface area contributed by atoms with Crippen LogP contribution in [-0.2, 0) is 0 Å². The standard InChI is InChI=1S/C17H34N2/c1-13(2)10-17(19(3)4)12-18-16-7-5-6-15(11-16)14-8-9-14/h13-18H,5-12H2,1-4H3. The van der Waals surface area contributed by atoms with E-state index in [1.807, 2.05) is 0 Å². The Morgan fingerprint density at radius 2 is 1.79 bits per heavy atom. The van der Waals surface area contributed by atoms with Gasteiger partial charge in [-0.25, -0.2) is 0 Å². The van der Waals surface area contributed by atoms with Gasteiger partial charge in [-0.15, -0.1) is 0 Å². The molecule has 2 fully saturated rings. The number of nitrogens with one attached hydrogen (secondary N) is 1. The summed E-state index contributed by atoms with van der Waals surface area (Å²) in [7, 11) is 4.45. The van der Waals surface area contributed by atoms with Crippen molar-refractivity contribution in [1.29, 1.82) is 0 Å². The van der Waals surface area contributed by atoms with E-state index in [-0.39, 0.29) is 0 Å². The third-order valence-electron chi connectivity index (χ3n) is 5.12. The first-order valence-electron chi connectivity index (χ1n) is 8.46. The molecule has 0 amide bonds. The molecule has 0 bridgehead atoms. The number of rotatable bonds is 7. The fraction of sp³-hybridized carbons (Fsp3) is 1.00. The summed E-state index contributed by atoms with van der Waals surface area (Å²) in [5, 5.41) is 3.88. The lowest BCUT2D eigenvalue weighted by molar-refractivity contribution is 0.213. The van der Waals surface area contributed by atoms with Crippen LogP contribution in [0.2, 0.25) is 0 Å². The van der Waals surface area contributed by atoms with Crippen LogP contribution < -0.4 is 5.32 Å². The fourth-order valence-electron chi connectivity index (χ4n) is 3.73. The highest BCUT2D eigenvalue weighted by atomic mass is 15.1. The van der Waals surface area contributed by atoms with Crippen LogP contribution in [0.5, 0.6) is 0 Å². The molecule has 0 aromatic rings. The Kier molecular flexibility index (Phi) is 5.70. The monoisotopic (exact) mass is 266 g/mol. The molecule has 0 saturated heterocycles. The predicted octanol–water partition coefficient (Wildman–Crippen LogP) is 3.52. The topological polar surface area (TPSA) is 15.3 Å². The molecule has 2 aliphatic carbocycles. The number of hydrogen-bond donors (Lipinski definition) is 1. The zero-order valence-corrected chi connectivity index (χ0v) is 13.5. The average molecular weight is 266 g/mol. The van der Waals surface area contributed by atoms with Crippen LogP contribution in [0, 0.1) is 17.8 Å². The second-order valence-electron chi connectivity index (χ2n) is 7.62. The smallest absolute Gasteiger partial charge is 0.0217 e. The van der Waals surface area contributed by atoms with Gasteiger partial charge in [0.1, 0.15) is 0 Å². The highest BCUT2D eigenvalue weighted by molar-refractivity contribution is 4.88. The SMILES string of the molecule is CC(C)CC(CNC1CCCC(C2CC2)C1)N(C)C. The summed E-state index contributed by atoms with van der Waals surface area (Å²) in [6.45, 7) is 5.84. The molecule has 2 saturated carbocycles. The molecule has 0 aliphatic heterocycles. The van der Waals surface area contributed by atoms with Gasteiger partial charge in [-0.05, 0) is 64.0 Å². The fourth-order valence-corrected chi connectivity index (χ4v) is 3.73. The van der Waals surface area contributed by atoms with Gasteiger partial charge < -0.3 is 10.2 Å². The maximum absolute atomic E-state index is 3.88. The third-order valence-corrected chi connectivity index (χ3v) is 5.12. The normalized spacial score (nSPS) is 30.0. The second kappa shape index (κ2) is 7.08. The van der Waals surface area contributed by atoms with Crippen LogP contribution in [0.1, 0.15) is 58.8 Å². The molecular formula is C17H34N2. The van der Waals surface area contributed by atoms with Crippen molar-refractivity contribution >= 4 is 0 Å². The number of nitrogens with zero attached hydrogens (tertiary/aromatic N) is 1. The highest BCUT2D eigenvalue weighted by Gasteiger charge is 2.34. The third kappa shape index (κ3) is 5.07. The van der Waals surface area contributed by atoms with E-state index in [9.17, 15) is 0 Å². The summed E-state index contributed by atoms with van der Waals surface area (Å²) >= 11 is 0. The highest BCUT2D eigenvalue weighted by Crippen LogP contribution is 2.43. The van der Waals surface area contributed by atoms with E-state index in [1.54, 1.807) is 0 Å². The Balaban J connectivity index is 1.72. The van der Waals surface area contributed by atoms with Gasteiger partial charge >= 0.3 is 0 Å². The van der Waals surface area contributed by atoms with Crippen LogP contribution in [0.4, 0.5) is 0 Å². The van der Waals surface area contributed by atoms with E-state index in [2.05, 4.69) is 38.2 Å². The Morgan fingerprint density at radius 3 is 2.37 bits per heavy atom. The molecule has 2 nitrogen and oxygen atoms in total. The Bertz CT molecular complexity index is 258. The van der Waals surface area contributed by atoms with Crippen molar-refractivity contribution in [3.8, 4) is 0 Å². The summed E-state index contributed by atoms with van der Waals surface area (Å²) in [6.07, 6.45) is 10.2. The molecule has 3 unspecified atom stereocenters.